The number of halogens is 2. The van der Waals surface area contributed by atoms with E-state index < -0.39 is 10.0 Å². The van der Waals surface area contributed by atoms with Gasteiger partial charge in [0.25, 0.3) is 0 Å². The Morgan fingerprint density at radius 2 is 1.97 bits per heavy atom. The molecule has 1 fully saturated rings. The molecule has 2 aromatic rings. The van der Waals surface area contributed by atoms with Crippen LogP contribution in [0.2, 0.25) is 10.0 Å². The molecule has 1 aliphatic rings. The van der Waals surface area contributed by atoms with Gasteiger partial charge in [0.1, 0.15) is 0 Å². The molecule has 30 heavy (non-hydrogen) atoms. The van der Waals surface area contributed by atoms with Gasteiger partial charge < -0.3 is 5.32 Å². The van der Waals surface area contributed by atoms with Gasteiger partial charge in [-0.1, -0.05) is 48.3 Å². The quantitative estimate of drug-likeness (QED) is 0.540. The Kier molecular flexibility index (Phi) is 8.10. The number of carbonyl (C=O) groups excluding carboxylic acids is 1. The van der Waals surface area contributed by atoms with Crippen molar-refractivity contribution in [3.63, 3.8) is 0 Å². The van der Waals surface area contributed by atoms with E-state index in [0.29, 0.717) is 35.0 Å². The van der Waals surface area contributed by atoms with Crippen LogP contribution in [0.25, 0.3) is 0 Å². The van der Waals surface area contributed by atoms with Crippen LogP contribution >= 0.6 is 35.0 Å². The predicted molar refractivity (Wildman–Crippen MR) is 125 cm³/mol. The van der Waals surface area contributed by atoms with Crippen molar-refractivity contribution in [1.82, 2.24) is 4.31 Å². The fourth-order valence-electron chi connectivity index (χ4n) is 3.43. The van der Waals surface area contributed by atoms with E-state index in [1.807, 2.05) is 24.3 Å². The maximum absolute atomic E-state index is 12.9. The van der Waals surface area contributed by atoms with Crippen molar-refractivity contribution in [2.45, 2.75) is 30.4 Å². The zero-order valence-corrected chi connectivity index (χ0v) is 19.8. The number of nitrogens with one attached hydrogen (secondary N) is 1. The van der Waals surface area contributed by atoms with Crippen LogP contribution < -0.4 is 5.32 Å². The molecule has 1 aliphatic heterocycles. The van der Waals surface area contributed by atoms with E-state index >= 15 is 0 Å². The molecule has 1 amide bonds. The summed E-state index contributed by atoms with van der Waals surface area (Å²) in [6.45, 7) is 2.65. The summed E-state index contributed by atoms with van der Waals surface area (Å²) in [6, 6.07) is 12.5. The second-order valence-electron chi connectivity index (χ2n) is 7.12. The summed E-state index contributed by atoms with van der Waals surface area (Å²) < 4.78 is 27.3. The molecule has 0 aliphatic carbocycles. The minimum absolute atomic E-state index is 0.145. The maximum atomic E-state index is 12.9. The average Bonchev–Trinajstić information content (AvgIpc) is 2.72. The number of anilines is 1. The van der Waals surface area contributed by atoms with Gasteiger partial charge in [-0.05, 0) is 48.4 Å². The molecule has 0 bridgehead atoms. The molecule has 0 aromatic heterocycles. The number of rotatable bonds is 7. The van der Waals surface area contributed by atoms with Gasteiger partial charge in [0.2, 0.25) is 15.9 Å². The fraction of sp³-hybridized carbons (Fsp3) is 0.381. The molecule has 1 N–H and O–H groups in total. The Morgan fingerprint density at radius 3 is 2.70 bits per heavy atom. The van der Waals surface area contributed by atoms with Gasteiger partial charge in [-0.25, -0.2) is 12.7 Å². The highest BCUT2D eigenvalue weighted by molar-refractivity contribution is 7.99. The highest BCUT2D eigenvalue weighted by Crippen LogP contribution is 2.29. The standard InChI is InChI=1S/C21H24Cl2N2O3S2/c1-2-29-20-8-4-3-7-19(20)24-21(26)16-6-5-11-25(13-16)30(27,28)14-15-9-10-17(22)18(23)12-15/h3-4,7-10,12,16H,2,5-6,11,13-14H2,1H3,(H,24,26)/t16-/m0/s1. The van der Waals surface area contributed by atoms with Crippen LogP contribution in [-0.2, 0) is 20.6 Å². The molecule has 0 saturated carbocycles. The molecular weight excluding hydrogens is 463 g/mol. The van der Waals surface area contributed by atoms with E-state index in [-0.39, 0.29) is 24.1 Å². The van der Waals surface area contributed by atoms with E-state index in [9.17, 15) is 13.2 Å². The number of hydrogen-bond acceptors (Lipinski definition) is 4. The largest absolute Gasteiger partial charge is 0.325 e. The van der Waals surface area contributed by atoms with Crippen LogP contribution in [0.5, 0.6) is 0 Å². The number of piperidine rings is 1. The highest BCUT2D eigenvalue weighted by atomic mass is 35.5. The van der Waals surface area contributed by atoms with E-state index in [4.69, 9.17) is 23.2 Å². The number of para-hydroxylation sites is 1. The summed E-state index contributed by atoms with van der Waals surface area (Å²) in [4.78, 5) is 13.9. The third-order valence-corrected chi connectivity index (χ3v) is 8.44. The topological polar surface area (TPSA) is 66.5 Å². The van der Waals surface area contributed by atoms with Crippen LogP contribution in [0.1, 0.15) is 25.3 Å². The van der Waals surface area contributed by atoms with Gasteiger partial charge in [0, 0.05) is 18.0 Å². The summed E-state index contributed by atoms with van der Waals surface area (Å²) in [6.07, 6.45) is 1.30. The summed E-state index contributed by atoms with van der Waals surface area (Å²) in [5.74, 6) is 0.196. The van der Waals surface area contributed by atoms with E-state index in [1.54, 1.807) is 30.0 Å². The van der Waals surface area contributed by atoms with Crippen molar-refractivity contribution >= 4 is 56.6 Å². The summed E-state index contributed by atoms with van der Waals surface area (Å²) >= 11 is 13.6. The SMILES string of the molecule is CCSc1ccccc1NC(=O)[C@H]1CCCN(S(=O)(=O)Cc2ccc(Cl)c(Cl)c2)C1. The van der Waals surface area contributed by atoms with Gasteiger partial charge in [0.15, 0.2) is 0 Å². The minimum Gasteiger partial charge on any atom is -0.325 e. The first-order valence-electron chi connectivity index (χ1n) is 9.74. The van der Waals surface area contributed by atoms with E-state index in [0.717, 1.165) is 16.3 Å². The Bertz CT molecular complexity index is 1020. The average molecular weight is 487 g/mol. The molecule has 3 rings (SSSR count). The van der Waals surface area contributed by atoms with Gasteiger partial charge in [-0.3, -0.25) is 4.79 Å². The molecule has 0 unspecified atom stereocenters. The predicted octanol–water partition coefficient (Wildman–Crippen LogP) is 5.29. The normalized spacial score (nSPS) is 17.6. The Balaban J connectivity index is 1.68. The van der Waals surface area contributed by atoms with Crippen molar-refractivity contribution < 1.29 is 13.2 Å². The van der Waals surface area contributed by atoms with Crippen molar-refractivity contribution in [2.75, 3.05) is 24.2 Å². The monoisotopic (exact) mass is 486 g/mol. The maximum Gasteiger partial charge on any atom is 0.228 e. The first-order valence-corrected chi connectivity index (χ1v) is 13.1. The molecule has 162 valence electrons. The molecule has 5 nitrogen and oxygen atoms in total. The van der Waals surface area contributed by atoms with Crippen LogP contribution in [0, 0.1) is 5.92 Å². The van der Waals surface area contributed by atoms with E-state index in [1.165, 1.54) is 4.31 Å². The molecule has 0 spiro atoms. The number of sulfonamides is 1. The lowest BCUT2D eigenvalue weighted by Crippen LogP contribution is -2.44. The van der Waals surface area contributed by atoms with Crippen molar-refractivity contribution in [1.29, 1.82) is 0 Å². The third-order valence-electron chi connectivity index (χ3n) is 4.93. The van der Waals surface area contributed by atoms with Crippen LogP contribution in [-0.4, -0.2) is 37.5 Å². The van der Waals surface area contributed by atoms with Gasteiger partial charge in [-0.2, -0.15) is 0 Å². The number of nitrogens with zero attached hydrogens (tertiary/aromatic N) is 1. The lowest BCUT2D eigenvalue weighted by atomic mass is 9.99. The molecule has 1 saturated heterocycles. The summed E-state index contributed by atoms with van der Waals surface area (Å²) in [5, 5.41) is 3.69. The highest BCUT2D eigenvalue weighted by Gasteiger charge is 2.32. The van der Waals surface area contributed by atoms with Gasteiger partial charge in [0.05, 0.1) is 27.4 Å². The molecule has 9 heteroatoms. The zero-order valence-electron chi connectivity index (χ0n) is 16.6. The number of benzene rings is 2. The van der Waals surface area contributed by atoms with Crippen molar-refractivity contribution in [3.8, 4) is 0 Å². The molecule has 2 aromatic carbocycles. The second kappa shape index (κ2) is 10.4. The van der Waals surface area contributed by atoms with Crippen LogP contribution in [0.3, 0.4) is 0 Å². The van der Waals surface area contributed by atoms with Crippen LogP contribution in [0.4, 0.5) is 5.69 Å². The first kappa shape index (κ1) is 23.4. The third kappa shape index (κ3) is 5.92. The van der Waals surface area contributed by atoms with E-state index in [2.05, 4.69) is 12.2 Å². The molecule has 1 atom stereocenters. The Hall–Kier alpha value is -1.25. The molecule has 1 heterocycles. The lowest BCUT2D eigenvalue weighted by molar-refractivity contribution is -0.120. The first-order chi connectivity index (χ1) is 14.3. The number of hydrogen-bond donors (Lipinski definition) is 1. The molecule has 0 radical (unpaired) electrons. The van der Waals surface area contributed by atoms with Gasteiger partial charge >= 0.3 is 0 Å². The number of thioether (sulfide) groups is 1. The smallest absolute Gasteiger partial charge is 0.228 e. The number of carbonyl (C=O) groups is 1. The fourth-order valence-corrected chi connectivity index (χ4v) is 6.11. The summed E-state index contributed by atoms with van der Waals surface area (Å²) in [7, 11) is -3.57. The lowest BCUT2D eigenvalue weighted by Gasteiger charge is -2.31. The Morgan fingerprint density at radius 1 is 1.20 bits per heavy atom. The molecular formula is C21H24Cl2N2O3S2. The zero-order chi connectivity index (χ0) is 21.7. The minimum atomic E-state index is -3.57. The van der Waals surface area contributed by atoms with Crippen molar-refractivity contribution in [2.24, 2.45) is 5.92 Å². The summed E-state index contributed by atoms with van der Waals surface area (Å²) in [5.41, 5.74) is 1.34. The van der Waals surface area contributed by atoms with Crippen LogP contribution in [0.15, 0.2) is 47.4 Å². The Labute approximate surface area is 192 Å². The van der Waals surface area contributed by atoms with Gasteiger partial charge in [-0.15, -0.1) is 11.8 Å². The number of amides is 1. The van der Waals surface area contributed by atoms with Crippen molar-refractivity contribution in [3.05, 3.63) is 58.1 Å². The second-order valence-corrected chi connectivity index (χ2v) is 11.2.